The van der Waals surface area contributed by atoms with Crippen molar-refractivity contribution in [2.45, 2.75) is 18.9 Å². The van der Waals surface area contributed by atoms with Crippen LogP contribution >= 0.6 is 0 Å². The first-order chi connectivity index (χ1) is 13.6. The number of rotatable bonds is 2. The highest BCUT2D eigenvalue weighted by atomic mass is 19.1. The van der Waals surface area contributed by atoms with Gasteiger partial charge in [-0.3, -0.25) is 9.69 Å². The molecule has 3 aliphatic heterocycles. The van der Waals surface area contributed by atoms with Crippen LogP contribution in [0.2, 0.25) is 0 Å². The molecule has 3 aliphatic rings. The molecule has 1 N–H and O–H groups in total. The number of anilines is 1. The van der Waals surface area contributed by atoms with Gasteiger partial charge in [0, 0.05) is 38.1 Å². The van der Waals surface area contributed by atoms with Gasteiger partial charge in [-0.15, -0.1) is 0 Å². The molecule has 146 valence electrons. The van der Waals surface area contributed by atoms with E-state index in [0.29, 0.717) is 11.8 Å². The van der Waals surface area contributed by atoms with Crippen LogP contribution in [0, 0.1) is 17.7 Å². The van der Waals surface area contributed by atoms with Crippen LogP contribution in [0.1, 0.15) is 33.9 Å². The van der Waals surface area contributed by atoms with Crippen molar-refractivity contribution in [3.8, 4) is 0 Å². The highest BCUT2D eigenvalue weighted by Gasteiger charge is 2.47. The highest BCUT2D eigenvalue weighted by Crippen LogP contribution is 2.44. The lowest BCUT2D eigenvalue weighted by Gasteiger charge is -2.28. The minimum absolute atomic E-state index is 0.126. The van der Waals surface area contributed by atoms with E-state index in [1.165, 1.54) is 11.6 Å². The number of halogens is 1. The zero-order valence-electron chi connectivity index (χ0n) is 16.2. The molecule has 0 aromatic heterocycles. The van der Waals surface area contributed by atoms with E-state index in [2.05, 4.69) is 23.3 Å². The molecule has 0 bridgehead atoms. The third-order valence-corrected chi connectivity index (χ3v) is 6.68. The lowest BCUT2D eigenvalue weighted by atomic mass is 9.89. The van der Waals surface area contributed by atoms with Gasteiger partial charge >= 0.3 is 0 Å². The topological polar surface area (TPSA) is 35.6 Å². The first-order valence-corrected chi connectivity index (χ1v) is 10.2. The maximum Gasteiger partial charge on any atom is 0.255 e. The van der Waals surface area contributed by atoms with Gasteiger partial charge in [0.2, 0.25) is 0 Å². The van der Waals surface area contributed by atoms with E-state index in [4.69, 9.17) is 0 Å². The number of para-hydroxylation sites is 1. The van der Waals surface area contributed by atoms with Crippen LogP contribution in [0.4, 0.5) is 10.1 Å². The van der Waals surface area contributed by atoms with Gasteiger partial charge in [-0.25, -0.2) is 4.39 Å². The summed E-state index contributed by atoms with van der Waals surface area (Å²) in [7, 11) is 2.11. The lowest BCUT2D eigenvalue weighted by Crippen LogP contribution is -2.34. The van der Waals surface area contributed by atoms with Gasteiger partial charge in [-0.1, -0.05) is 24.3 Å². The summed E-state index contributed by atoms with van der Waals surface area (Å²) in [5, 5.41) is 3.44. The number of aryl methyl sites for hydroxylation is 1. The second-order valence-corrected chi connectivity index (χ2v) is 8.44. The predicted octanol–water partition coefficient (Wildman–Crippen LogP) is 3.56. The summed E-state index contributed by atoms with van der Waals surface area (Å²) in [5.74, 6) is 0.724. The van der Waals surface area contributed by atoms with Gasteiger partial charge in [0.15, 0.2) is 0 Å². The number of nitrogens with one attached hydrogen (secondary N) is 1. The fourth-order valence-corrected chi connectivity index (χ4v) is 5.47. The Balaban J connectivity index is 1.40. The number of amides is 1. The Morgan fingerprint density at radius 3 is 2.86 bits per heavy atom. The fourth-order valence-electron chi connectivity index (χ4n) is 5.47. The van der Waals surface area contributed by atoms with Gasteiger partial charge < -0.3 is 10.2 Å². The van der Waals surface area contributed by atoms with Crippen LogP contribution < -0.4 is 5.32 Å². The van der Waals surface area contributed by atoms with E-state index in [-0.39, 0.29) is 17.8 Å². The predicted molar refractivity (Wildman–Crippen MR) is 108 cm³/mol. The third-order valence-electron chi connectivity index (χ3n) is 6.68. The fraction of sp³-hybridized carbons (Fsp3) is 0.435. The molecule has 0 saturated carbocycles. The Morgan fingerprint density at radius 2 is 2.00 bits per heavy atom. The molecule has 0 spiro atoms. The number of hydrogen-bond acceptors (Lipinski definition) is 3. The molecular weight excluding hydrogens is 353 g/mol. The van der Waals surface area contributed by atoms with Crippen LogP contribution in [0.25, 0.3) is 0 Å². The maximum absolute atomic E-state index is 13.8. The number of hydrogen-bond donors (Lipinski definition) is 1. The van der Waals surface area contributed by atoms with Crippen molar-refractivity contribution in [3.05, 3.63) is 65.0 Å². The summed E-state index contributed by atoms with van der Waals surface area (Å²) in [5.41, 5.74) is 4.08. The summed E-state index contributed by atoms with van der Waals surface area (Å²) in [6.45, 7) is 3.39. The Hall–Kier alpha value is -2.40. The van der Waals surface area contributed by atoms with Crippen molar-refractivity contribution in [1.29, 1.82) is 0 Å². The molecule has 2 aromatic carbocycles. The normalized spacial score (nSPS) is 26.6. The molecule has 2 aromatic rings. The van der Waals surface area contributed by atoms with Crippen molar-refractivity contribution in [2.24, 2.45) is 11.8 Å². The van der Waals surface area contributed by atoms with Gasteiger partial charge in [-0.2, -0.15) is 0 Å². The van der Waals surface area contributed by atoms with Crippen LogP contribution in [0.5, 0.6) is 0 Å². The van der Waals surface area contributed by atoms with E-state index in [9.17, 15) is 9.18 Å². The van der Waals surface area contributed by atoms with Crippen LogP contribution in [0.15, 0.2) is 42.5 Å². The standard InChI is InChI=1S/C23H26FN3O/c1-26-12-17-13-27(14-20(17)22(26)16-6-2-8-18(24)11-16)23(28)19-9-3-5-15-7-4-10-25-21(15)19/h2-3,5-6,8-9,11,17,20,22,25H,4,7,10,12-14H2,1H3/t17-,20+,22-/m0/s1. The SMILES string of the molecule is CN1C[C@H]2CN(C(=O)c3cccc4c3NCCC4)C[C@H]2[C@@H]1c1cccc(F)c1. The zero-order valence-corrected chi connectivity index (χ0v) is 16.2. The average molecular weight is 379 g/mol. The summed E-state index contributed by atoms with van der Waals surface area (Å²) in [4.78, 5) is 17.7. The Kier molecular flexibility index (Phi) is 4.35. The third kappa shape index (κ3) is 2.89. The largest absolute Gasteiger partial charge is 0.384 e. The van der Waals surface area contributed by atoms with Gasteiger partial charge in [-0.05, 0) is 55.1 Å². The molecule has 2 fully saturated rings. The van der Waals surface area contributed by atoms with Gasteiger partial charge in [0.05, 0.1) is 11.3 Å². The Bertz CT molecular complexity index is 914. The quantitative estimate of drug-likeness (QED) is 0.867. The number of carbonyl (C=O) groups is 1. The molecule has 0 aliphatic carbocycles. The van der Waals surface area contributed by atoms with E-state index in [1.54, 1.807) is 12.1 Å². The number of carbonyl (C=O) groups excluding carboxylic acids is 1. The number of nitrogens with zero attached hydrogens (tertiary/aromatic N) is 2. The molecule has 0 radical (unpaired) electrons. The highest BCUT2D eigenvalue weighted by molar-refractivity contribution is 6.00. The van der Waals surface area contributed by atoms with Crippen molar-refractivity contribution in [1.82, 2.24) is 9.80 Å². The molecule has 5 heteroatoms. The number of benzene rings is 2. The van der Waals surface area contributed by atoms with Crippen molar-refractivity contribution < 1.29 is 9.18 Å². The molecular formula is C23H26FN3O. The van der Waals surface area contributed by atoms with E-state index >= 15 is 0 Å². The van der Waals surface area contributed by atoms with Gasteiger partial charge in [0.25, 0.3) is 5.91 Å². The van der Waals surface area contributed by atoms with Crippen LogP contribution in [0.3, 0.4) is 0 Å². The monoisotopic (exact) mass is 379 g/mol. The number of fused-ring (bicyclic) bond motifs is 2. The van der Waals surface area contributed by atoms with Crippen LogP contribution in [-0.4, -0.2) is 48.9 Å². The second-order valence-electron chi connectivity index (χ2n) is 8.44. The molecule has 3 atom stereocenters. The van der Waals surface area contributed by atoms with Crippen molar-refractivity contribution >= 4 is 11.6 Å². The zero-order chi connectivity index (χ0) is 19.3. The molecule has 4 nitrogen and oxygen atoms in total. The van der Waals surface area contributed by atoms with Crippen molar-refractivity contribution in [3.63, 3.8) is 0 Å². The molecule has 0 unspecified atom stereocenters. The smallest absolute Gasteiger partial charge is 0.255 e. The Labute approximate surface area is 165 Å². The Morgan fingerprint density at radius 1 is 1.14 bits per heavy atom. The summed E-state index contributed by atoms with van der Waals surface area (Å²) >= 11 is 0. The molecule has 3 heterocycles. The molecule has 5 rings (SSSR count). The minimum Gasteiger partial charge on any atom is -0.384 e. The summed E-state index contributed by atoms with van der Waals surface area (Å²) < 4.78 is 13.8. The van der Waals surface area contributed by atoms with E-state index < -0.39 is 0 Å². The first kappa shape index (κ1) is 17.7. The van der Waals surface area contributed by atoms with Crippen molar-refractivity contribution in [2.75, 3.05) is 38.5 Å². The average Bonchev–Trinajstić information content (AvgIpc) is 3.23. The number of likely N-dealkylation sites (tertiary alicyclic amines) is 2. The molecule has 28 heavy (non-hydrogen) atoms. The van der Waals surface area contributed by atoms with E-state index in [1.807, 2.05) is 23.1 Å². The lowest BCUT2D eigenvalue weighted by molar-refractivity contribution is 0.0768. The van der Waals surface area contributed by atoms with E-state index in [0.717, 1.165) is 55.8 Å². The summed E-state index contributed by atoms with van der Waals surface area (Å²) in [6.07, 6.45) is 2.14. The first-order valence-electron chi connectivity index (χ1n) is 10.2. The van der Waals surface area contributed by atoms with Crippen LogP contribution in [-0.2, 0) is 6.42 Å². The molecule has 1 amide bonds. The molecule has 2 saturated heterocycles. The van der Waals surface area contributed by atoms with Gasteiger partial charge in [0.1, 0.15) is 5.82 Å². The maximum atomic E-state index is 13.8. The minimum atomic E-state index is -0.192. The second kappa shape index (κ2) is 6.89. The summed E-state index contributed by atoms with van der Waals surface area (Å²) in [6, 6.07) is 13.2.